The number of hydrogen-bond donors (Lipinski definition) is 2. The van der Waals surface area contributed by atoms with Crippen molar-refractivity contribution < 1.29 is 27.8 Å². The second-order valence-corrected chi connectivity index (χ2v) is 6.40. The molecule has 0 aliphatic rings. The molecule has 30 heavy (non-hydrogen) atoms. The van der Waals surface area contributed by atoms with Gasteiger partial charge in [0.25, 0.3) is 0 Å². The lowest BCUT2D eigenvalue weighted by molar-refractivity contribution is -0.126. The number of rotatable bonds is 10. The molecule has 8 heteroatoms. The molecule has 0 heterocycles. The zero-order valence-corrected chi connectivity index (χ0v) is 16.7. The van der Waals surface area contributed by atoms with Crippen molar-refractivity contribution in [2.45, 2.75) is 26.0 Å². The van der Waals surface area contributed by atoms with E-state index in [0.717, 1.165) is 16.9 Å². The van der Waals surface area contributed by atoms with Crippen LogP contribution in [0.3, 0.4) is 0 Å². The van der Waals surface area contributed by atoms with E-state index in [0.29, 0.717) is 13.0 Å². The van der Waals surface area contributed by atoms with Crippen molar-refractivity contribution in [2.75, 3.05) is 13.7 Å². The van der Waals surface area contributed by atoms with Crippen LogP contribution in [0, 0.1) is 0 Å². The maximum absolute atomic E-state index is 12.1. The van der Waals surface area contributed by atoms with Gasteiger partial charge in [0, 0.05) is 12.6 Å². The summed E-state index contributed by atoms with van der Waals surface area (Å²) in [7, 11) is 1.58. The van der Waals surface area contributed by atoms with E-state index < -0.39 is 12.7 Å². The molecule has 2 aromatic carbocycles. The van der Waals surface area contributed by atoms with E-state index in [9.17, 15) is 18.4 Å². The maximum atomic E-state index is 12.1. The Morgan fingerprint density at radius 3 is 2.27 bits per heavy atom. The zero-order chi connectivity index (χ0) is 21.9. The van der Waals surface area contributed by atoms with Gasteiger partial charge in [-0.15, -0.1) is 0 Å². The molecular weight excluding hydrogens is 394 g/mol. The van der Waals surface area contributed by atoms with Gasteiger partial charge in [0.2, 0.25) is 11.8 Å². The van der Waals surface area contributed by atoms with Gasteiger partial charge >= 0.3 is 6.61 Å². The highest BCUT2D eigenvalue weighted by Crippen LogP contribution is 2.15. The molecule has 1 atom stereocenters. The Bertz CT molecular complexity index is 852. The van der Waals surface area contributed by atoms with Gasteiger partial charge < -0.3 is 20.1 Å². The standard InChI is InChI=1S/C22H24F2N2O4/c1-15(26-20(27)12-7-16-3-8-18(29-2)9-4-16)21(28)25-14-13-17-5-10-19(11-6-17)30-22(23)24/h3-12,15,22H,13-14H2,1-2H3,(H,25,28)(H,26,27)/b12-7+. The second kappa shape index (κ2) is 11.5. The van der Waals surface area contributed by atoms with Gasteiger partial charge in [0.1, 0.15) is 17.5 Å². The second-order valence-electron chi connectivity index (χ2n) is 6.40. The molecule has 0 radical (unpaired) electrons. The first-order valence-electron chi connectivity index (χ1n) is 9.31. The Balaban J connectivity index is 1.73. The molecule has 2 rings (SSSR count). The topological polar surface area (TPSA) is 76.7 Å². The van der Waals surface area contributed by atoms with E-state index in [1.54, 1.807) is 44.4 Å². The van der Waals surface area contributed by atoms with Crippen molar-refractivity contribution in [3.63, 3.8) is 0 Å². The summed E-state index contributed by atoms with van der Waals surface area (Å²) in [6.07, 6.45) is 3.51. The van der Waals surface area contributed by atoms with Crippen LogP contribution in [0.1, 0.15) is 18.1 Å². The van der Waals surface area contributed by atoms with Gasteiger partial charge in [0.05, 0.1) is 7.11 Å². The SMILES string of the molecule is COc1ccc(/C=C/C(=O)NC(C)C(=O)NCCc2ccc(OC(F)F)cc2)cc1. The smallest absolute Gasteiger partial charge is 0.387 e. The van der Waals surface area contributed by atoms with Crippen molar-refractivity contribution in [1.82, 2.24) is 10.6 Å². The third kappa shape index (κ3) is 7.90. The number of hydrogen-bond acceptors (Lipinski definition) is 4. The first kappa shape index (κ1) is 22.9. The highest BCUT2D eigenvalue weighted by atomic mass is 19.3. The fraction of sp³-hybridized carbons (Fsp3) is 0.273. The predicted octanol–water partition coefficient (Wildman–Crippen LogP) is 3.17. The summed E-state index contributed by atoms with van der Waals surface area (Å²) in [5.41, 5.74) is 1.68. The molecule has 160 valence electrons. The zero-order valence-electron chi connectivity index (χ0n) is 16.7. The van der Waals surface area contributed by atoms with Gasteiger partial charge in [-0.3, -0.25) is 9.59 Å². The lowest BCUT2D eigenvalue weighted by Gasteiger charge is -2.13. The summed E-state index contributed by atoms with van der Waals surface area (Å²) in [5.74, 6) is 0.0954. The van der Waals surface area contributed by atoms with Crippen molar-refractivity contribution in [1.29, 1.82) is 0 Å². The van der Waals surface area contributed by atoms with Crippen LogP contribution >= 0.6 is 0 Å². The highest BCUT2D eigenvalue weighted by molar-refractivity contribution is 5.95. The number of amides is 2. The quantitative estimate of drug-likeness (QED) is 0.581. The number of nitrogens with one attached hydrogen (secondary N) is 2. The van der Waals surface area contributed by atoms with E-state index in [4.69, 9.17) is 4.74 Å². The molecular formula is C22H24F2N2O4. The molecule has 0 fully saturated rings. The Hall–Kier alpha value is -3.42. The first-order valence-corrected chi connectivity index (χ1v) is 9.31. The minimum Gasteiger partial charge on any atom is -0.497 e. The fourth-order valence-electron chi connectivity index (χ4n) is 2.53. The average molecular weight is 418 g/mol. The molecule has 0 aromatic heterocycles. The Labute approximate surface area is 173 Å². The van der Waals surface area contributed by atoms with Crippen LogP contribution in [0.5, 0.6) is 11.5 Å². The molecule has 0 bridgehead atoms. The summed E-state index contributed by atoms with van der Waals surface area (Å²) in [5, 5.41) is 5.32. The normalized spacial score (nSPS) is 11.9. The van der Waals surface area contributed by atoms with Crippen LogP contribution in [0.25, 0.3) is 6.08 Å². The van der Waals surface area contributed by atoms with Crippen LogP contribution < -0.4 is 20.1 Å². The summed E-state index contributed by atoms with van der Waals surface area (Å²) < 4.78 is 33.6. The molecule has 6 nitrogen and oxygen atoms in total. The summed E-state index contributed by atoms with van der Waals surface area (Å²) in [6, 6.07) is 12.7. The van der Waals surface area contributed by atoms with Gasteiger partial charge in [0.15, 0.2) is 0 Å². The van der Waals surface area contributed by atoms with Crippen LogP contribution in [-0.4, -0.2) is 38.1 Å². The molecule has 0 aliphatic heterocycles. The maximum Gasteiger partial charge on any atom is 0.387 e. The number of ether oxygens (including phenoxy) is 2. The Morgan fingerprint density at radius 2 is 1.67 bits per heavy atom. The van der Waals surface area contributed by atoms with Crippen molar-refractivity contribution in [3.8, 4) is 11.5 Å². The summed E-state index contributed by atoms with van der Waals surface area (Å²) in [6.45, 7) is -0.932. The Morgan fingerprint density at radius 1 is 1.03 bits per heavy atom. The van der Waals surface area contributed by atoms with Gasteiger partial charge in [-0.25, -0.2) is 0 Å². The van der Waals surface area contributed by atoms with Crippen LogP contribution in [0.4, 0.5) is 8.78 Å². The molecule has 0 saturated heterocycles. The molecule has 2 N–H and O–H groups in total. The van der Waals surface area contributed by atoms with E-state index in [-0.39, 0.29) is 17.6 Å². The molecule has 0 saturated carbocycles. The van der Waals surface area contributed by atoms with Gasteiger partial charge in [-0.2, -0.15) is 8.78 Å². The van der Waals surface area contributed by atoms with Gasteiger partial charge in [-0.05, 0) is 54.8 Å². The first-order chi connectivity index (χ1) is 14.4. The average Bonchev–Trinajstić information content (AvgIpc) is 2.73. The third-order valence-corrected chi connectivity index (χ3v) is 4.16. The molecule has 2 amide bonds. The largest absolute Gasteiger partial charge is 0.497 e. The van der Waals surface area contributed by atoms with Crippen molar-refractivity contribution in [3.05, 3.63) is 65.7 Å². The lowest BCUT2D eigenvalue weighted by atomic mass is 10.1. The van der Waals surface area contributed by atoms with E-state index in [1.165, 1.54) is 18.2 Å². The van der Waals surface area contributed by atoms with Gasteiger partial charge in [-0.1, -0.05) is 24.3 Å². The van der Waals surface area contributed by atoms with E-state index in [1.807, 2.05) is 12.1 Å². The van der Waals surface area contributed by atoms with Crippen molar-refractivity contribution >= 4 is 17.9 Å². The van der Waals surface area contributed by atoms with E-state index >= 15 is 0 Å². The van der Waals surface area contributed by atoms with Crippen molar-refractivity contribution in [2.24, 2.45) is 0 Å². The molecule has 0 aliphatic carbocycles. The molecule has 0 spiro atoms. The number of carbonyl (C=O) groups excluding carboxylic acids is 2. The number of alkyl halides is 2. The fourth-order valence-corrected chi connectivity index (χ4v) is 2.53. The van der Waals surface area contributed by atoms with Crippen LogP contribution in [0.2, 0.25) is 0 Å². The minimum atomic E-state index is -2.86. The predicted molar refractivity (Wildman–Crippen MR) is 109 cm³/mol. The highest BCUT2D eigenvalue weighted by Gasteiger charge is 2.13. The molecule has 2 aromatic rings. The van der Waals surface area contributed by atoms with E-state index in [2.05, 4.69) is 15.4 Å². The number of methoxy groups -OCH3 is 1. The van der Waals surface area contributed by atoms with Crippen LogP contribution in [-0.2, 0) is 16.0 Å². The third-order valence-electron chi connectivity index (χ3n) is 4.16. The minimum absolute atomic E-state index is 0.0804. The number of carbonyl (C=O) groups is 2. The number of benzene rings is 2. The van der Waals surface area contributed by atoms with Crippen LogP contribution in [0.15, 0.2) is 54.6 Å². The summed E-state index contributed by atoms with van der Waals surface area (Å²) in [4.78, 5) is 24.1. The number of halogens is 2. The molecule has 1 unspecified atom stereocenters. The Kier molecular flexibility index (Phi) is 8.80. The summed E-state index contributed by atoms with van der Waals surface area (Å²) >= 11 is 0. The lowest BCUT2D eigenvalue weighted by Crippen LogP contribution is -2.44. The monoisotopic (exact) mass is 418 g/mol.